The number of hydrogen-bond acceptors (Lipinski definition) is 6. The van der Waals surface area contributed by atoms with Crippen LogP contribution in [-0.4, -0.2) is 54.6 Å². The van der Waals surface area contributed by atoms with Crippen LogP contribution in [0.4, 0.5) is 0 Å². The van der Waals surface area contributed by atoms with E-state index in [0.29, 0.717) is 4.31 Å². The van der Waals surface area contributed by atoms with E-state index in [1.165, 1.54) is 30.3 Å². The minimum Gasteiger partial charge on any atom is -0.343 e. The Morgan fingerprint density at radius 3 is 2.86 bits per heavy atom. The predicted octanol–water partition coefficient (Wildman–Crippen LogP) is -0.402. The van der Waals surface area contributed by atoms with Crippen LogP contribution in [-0.2, 0) is 14.8 Å². The zero-order chi connectivity index (χ0) is 15.6. The second-order valence-electron chi connectivity index (χ2n) is 4.40. The van der Waals surface area contributed by atoms with Crippen molar-refractivity contribution in [2.24, 2.45) is 0 Å². The lowest BCUT2D eigenvalue weighted by Crippen LogP contribution is -2.41. The summed E-state index contributed by atoms with van der Waals surface area (Å²) in [5, 5.41) is 8.14. The first kappa shape index (κ1) is 14.9. The molecule has 1 aromatic rings. The highest BCUT2D eigenvalue weighted by Gasteiger charge is 2.43. The predicted molar refractivity (Wildman–Crippen MR) is 70.3 cm³/mol. The molecule has 0 saturated heterocycles. The number of carbonyl (C=O) groups is 2. The highest BCUT2D eigenvalue weighted by molar-refractivity contribution is 7.90. The fourth-order valence-corrected chi connectivity index (χ4v) is 3.28. The topological polar surface area (TPSA) is 111 Å². The van der Waals surface area contributed by atoms with Crippen LogP contribution in [0.3, 0.4) is 0 Å². The Morgan fingerprint density at radius 1 is 1.52 bits per heavy atom. The molecule has 2 amide bonds. The van der Waals surface area contributed by atoms with Gasteiger partial charge < -0.3 is 4.90 Å². The van der Waals surface area contributed by atoms with Gasteiger partial charge >= 0.3 is 0 Å². The lowest BCUT2D eigenvalue weighted by atomic mass is 10.2. The lowest BCUT2D eigenvalue weighted by molar-refractivity contribution is -0.129. The standard InChI is InChI=1S/C12H12N4O4S/c1-15(7-3-5-13)10(17)8-16-12(18)9-4-2-6-14-11(9)21(16,19)20/h2,4,6H,3,7-8H2,1H3. The van der Waals surface area contributed by atoms with Crippen LogP contribution in [0.25, 0.3) is 0 Å². The summed E-state index contributed by atoms with van der Waals surface area (Å²) in [6.07, 6.45) is 1.40. The minimum atomic E-state index is -4.08. The summed E-state index contributed by atoms with van der Waals surface area (Å²) in [6.45, 7) is -0.429. The number of sulfonamides is 1. The Hall–Kier alpha value is -2.47. The molecule has 8 nitrogen and oxygen atoms in total. The van der Waals surface area contributed by atoms with E-state index in [1.807, 2.05) is 6.07 Å². The Bertz CT molecular complexity index is 738. The second kappa shape index (κ2) is 5.49. The number of amides is 2. The Morgan fingerprint density at radius 2 is 2.24 bits per heavy atom. The van der Waals surface area contributed by atoms with E-state index in [2.05, 4.69) is 4.98 Å². The lowest BCUT2D eigenvalue weighted by Gasteiger charge is -2.19. The Balaban J connectivity index is 2.22. The first-order valence-corrected chi connectivity index (χ1v) is 7.46. The minimum absolute atomic E-state index is 0.0371. The summed E-state index contributed by atoms with van der Waals surface area (Å²) < 4.78 is 24.9. The zero-order valence-corrected chi connectivity index (χ0v) is 12.0. The number of fused-ring (bicyclic) bond motifs is 1. The van der Waals surface area contributed by atoms with Gasteiger partial charge in [0.05, 0.1) is 18.1 Å². The summed E-state index contributed by atoms with van der Waals surface area (Å²) in [4.78, 5) is 28.9. The van der Waals surface area contributed by atoms with Gasteiger partial charge in [-0.1, -0.05) is 0 Å². The molecule has 0 N–H and O–H groups in total. The van der Waals surface area contributed by atoms with Crippen molar-refractivity contribution >= 4 is 21.8 Å². The number of aromatic nitrogens is 1. The third-order valence-corrected chi connectivity index (χ3v) is 4.72. The van der Waals surface area contributed by atoms with Crippen LogP contribution in [0.15, 0.2) is 23.4 Å². The monoisotopic (exact) mass is 308 g/mol. The Labute approximate surface area is 121 Å². The molecular weight excluding hydrogens is 296 g/mol. The molecule has 0 spiro atoms. The number of carbonyl (C=O) groups excluding carboxylic acids is 2. The van der Waals surface area contributed by atoms with Crippen molar-refractivity contribution in [3.63, 3.8) is 0 Å². The molecule has 1 aliphatic heterocycles. The molecule has 110 valence electrons. The fraction of sp³-hybridized carbons (Fsp3) is 0.333. The van der Waals surface area contributed by atoms with Gasteiger partial charge in [0.1, 0.15) is 6.54 Å². The average Bonchev–Trinajstić information content (AvgIpc) is 2.66. The number of likely N-dealkylation sites (N-methyl/N-ethyl adjacent to an activating group) is 1. The third-order valence-electron chi connectivity index (χ3n) is 3.03. The average molecular weight is 308 g/mol. The van der Waals surface area contributed by atoms with Crippen molar-refractivity contribution in [3.05, 3.63) is 23.9 Å². The van der Waals surface area contributed by atoms with Gasteiger partial charge in [0, 0.05) is 19.8 Å². The van der Waals surface area contributed by atoms with Crippen molar-refractivity contribution in [3.8, 4) is 6.07 Å². The van der Waals surface area contributed by atoms with Crippen molar-refractivity contribution in [2.45, 2.75) is 11.4 Å². The molecule has 2 heterocycles. The molecule has 0 fully saturated rings. The third kappa shape index (κ3) is 2.57. The molecule has 1 aliphatic rings. The van der Waals surface area contributed by atoms with Gasteiger partial charge in [-0.15, -0.1) is 0 Å². The summed E-state index contributed by atoms with van der Waals surface area (Å²) >= 11 is 0. The van der Waals surface area contributed by atoms with E-state index >= 15 is 0 Å². The number of nitriles is 1. The van der Waals surface area contributed by atoms with Crippen molar-refractivity contribution in [1.29, 1.82) is 5.26 Å². The highest BCUT2D eigenvalue weighted by Crippen LogP contribution is 2.27. The van der Waals surface area contributed by atoms with Gasteiger partial charge in [-0.2, -0.15) is 13.7 Å². The maximum Gasteiger partial charge on any atom is 0.285 e. The number of nitrogens with zero attached hydrogens (tertiary/aromatic N) is 4. The number of rotatable bonds is 4. The van der Waals surface area contributed by atoms with Crippen LogP contribution in [0.5, 0.6) is 0 Å². The van der Waals surface area contributed by atoms with Crippen molar-refractivity contribution < 1.29 is 18.0 Å². The van der Waals surface area contributed by atoms with Gasteiger partial charge in [0.25, 0.3) is 15.9 Å². The Kier molecular flexibility index (Phi) is 3.90. The molecular formula is C12H12N4O4S. The molecule has 0 unspecified atom stereocenters. The summed E-state index contributed by atoms with van der Waals surface area (Å²) in [7, 11) is -2.64. The first-order valence-electron chi connectivity index (χ1n) is 6.02. The van der Waals surface area contributed by atoms with Crippen LogP contribution >= 0.6 is 0 Å². The normalized spacial score (nSPS) is 15.4. The maximum atomic E-state index is 12.2. The van der Waals surface area contributed by atoms with E-state index in [1.54, 1.807) is 0 Å². The van der Waals surface area contributed by atoms with E-state index in [0.717, 1.165) is 0 Å². The van der Waals surface area contributed by atoms with Crippen LogP contribution in [0.1, 0.15) is 16.8 Å². The summed E-state index contributed by atoms with van der Waals surface area (Å²) in [5.74, 6) is -1.32. The van der Waals surface area contributed by atoms with Gasteiger partial charge in [-0.3, -0.25) is 9.59 Å². The van der Waals surface area contributed by atoms with Crippen LogP contribution in [0.2, 0.25) is 0 Å². The van der Waals surface area contributed by atoms with E-state index < -0.39 is 28.4 Å². The molecule has 0 aromatic carbocycles. The molecule has 0 atom stereocenters. The van der Waals surface area contributed by atoms with E-state index in [9.17, 15) is 18.0 Å². The second-order valence-corrected chi connectivity index (χ2v) is 6.17. The molecule has 0 saturated carbocycles. The van der Waals surface area contributed by atoms with Gasteiger partial charge in [0.2, 0.25) is 5.91 Å². The van der Waals surface area contributed by atoms with Crippen LogP contribution in [0, 0.1) is 11.3 Å². The quantitative estimate of drug-likeness (QED) is 0.748. The van der Waals surface area contributed by atoms with Crippen molar-refractivity contribution in [1.82, 2.24) is 14.2 Å². The fourth-order valence-electron chi connectivity index (χ4n) is 1.85. The number of pyridine rings is 1. The maximum absolute atomic E-state index is 12.2. The van der Waals surface area contributed by atoms with Crippen molar-refractivity contribution in [2.75, 3.05) is 20.1 Å². The summed E-state index contributed by atoms with van der Waals surface area (Å²) in [6, 6.07) is 4.69. The molecule has 21 heavy (non-hydrogen) atoms. The smallest absolute Gasteiger partial charge is 0.285 e. The van der Waals surface area contributed by atoms with Gasteiger partial charge in [0.15, 0.2) is 5.03 Å². The SMILES string of the molecule is CN(CCC#N)C(=O)CN1C(=O)c2cccnc2S1(=O)=O. The zero-order valence-electron chi connectivity index (χ0n) is 11.2. The summed E-state index contributed by atoms with van der Waals surface area (Å²) in [5.41, 5.74) is -0.0371. The molecule has 0 bridgehead atoms. The van der Waals surface area contributed by atoms with Crippen LogP contribution < -0.4 is 0 Å². The first-order chi connectivity index (χ1) is 9.89. The molecule has 0 radical (unpaired) electrons. The molecule has 9 heteroatoms. The molecule has 0 aliphatic carbocycles. The number of hydrogen-bond donors (Lipinski definition) is 0. The van der Waals surface area contributed by atoms with Gasteiger partial charge in [-0.05, 0) is 12.1 Å². The largest absolute Gasteiger partial charge is 0.343 e. The molecule has 1 aromatic heterocycles. The highest BCUT2D eigenvalue weighted by atomic mass is 32.2. The van der Waals surface area contributed by atoms with E-state index in [4.69, 9.17) is 5.26 Å². The van der Waals surface area contributed by atoms with E-state index in [-0.39, 0.29) is 23.6 Å². The van der Waals surface area contributed by atoms with Gasteiger partial charge in [-0.25, -0.2) is 9.29 Å². The molecule has 2 rings (SSSR count).